The van der Waals surface area contributed by atoms with Gasteiger partial charge in [-0.2, -0.15) is 0 Å². The van der Waals surface area contributed by atoms with Gasteiger partial charge < -0.3 is 29.8 Å². The number of aromatic nitrogens is 3. The van der Waals surface area contributed by atoms with Crippen molar-refractivity contribution in [2.24, 2.45) is 5.92 Å². The van der Waals surface area contributed by atoms with Gasteiger partial charge in [0.05, 0.1) is 29.3 Å². The minimum atomic E-state index is -1.31. The van der Waals surface area contributed by atoms with Gasteiger partial charge in [-0.15, -0.1) is 0 Å². The summed E-state index contributed by atoms with van der Waals surface area (Å²) < 4.78 is 65.5. The van der Waals surface area contributed by atoms with Crippen LogP contribution in [-0.4, -0.2) is 80.6 Å². The SMILES string of the molecule is CC(C)[C@H](NC(=O)OC(C)(C)C)C(=O)N1C[C@@H](F)C[C@H]1Cn1c(-c2[nH]c3cc(F)ccc3c2C[C@@H]2C[C@H](F)CN2)nc2cc(F)ccc21. The lowest BCUT2D eigenvalue weighted by Crippen LogP contribution is -2.53. The second-order valence-corrected chi connectivity index (χ2v) is 14.3. The number of imidazole rings is 1. The fourth-order valence-corrected chi connectivity index (χ4v) is 6.92. The predicted molar refractivity (Wildman–Crippen MR) is 175 cm³/mol. The van der Waals surface area contributed by atoms with Crippen LogP contribution in [-0.2, 0) is 22.5 Å². The fraction of sp³-hybridized carbons (Fsp3) is 0.514. The van der Waals surface area contributed by atoms with Gasteiger partial charge in [0, 0.05) is 42.5 Å². The number of rotatable bonds is 8. The van der Waals surface area contributed by atoms with Gasteiger partial charge in [-0.1, -0.05) is 13.8 Å². The molecule has 4 heterocycles. The van der Waals surface area contributed by atoms with Crippen LogP contribution in [0.25, 0.3) is 33.5 Å². The molecule has 9 nitrogen and oxygen atoms in total. The summed E-state index contributed by atoms with van der Waals surface area (Å²) in [5, 5.41) is 6.63. The lowest BCUT2D eigenvalue weighted by molar-refractivity contribution is -0.135. The number of amides is 2. The number of carbonyl (C=O) groups excluding carboxylic acids is 2. The maximum Gasteiger partial charge on any atom is 0.408 e. The normalized spacial score (nSPS) is 22.2. The van der Waals surface area contributed by atoms with Crippen LogP contribution in [0.4, 0.5) is 22.4 Å². The highest BCUT2D eigenvalue weighted by Crippen LogP contribution is 2.36. The number of hydrogen-bond donors (Lipinski definition) is 3. The number of benzene rings is 2. The van der Waals surface area contributed by atoms with Gasteiger partial charge in [0.25, 0.3) is 0 Å². The predicted octanol–water partition coefficient (Wildman–Crippen LogP) is 6.19. The molecule has 5 atom stereocenters. The molecule has 2 fully saturated rings. The van der Waals surface area contributed by atoms with Crippen LogP contribution in [0.15, 0.2) is 36.4 Å². The van der Waals surface area contributed by atoms with Crippen molar-refractivity contribution in [2.75, 3.05) is 13.1 Å². The molecule has 0 spiro atoms. The van der Waals surface area contributed by atoms with Gasteiger partial charge in [-0.05, 0) is 75.4 Å². The molecule has 6 rings (SSSR count). The Bertz CT molecular complexity index is 1830. The molecular weight excluding hydrogens is 628 g/mol. The first kappa shape index (κ1) is 33.8. The minimum absolute atomic E-state index is 0.0396. The van der Waals surface area contributed by atoms with Gasteiger partial charge in [0.15, 0.2) is 5.82 Å². The molecule has 3 N–H and O–H groups in total. The molecule has 4 aromatic rings. The van der Waals surface area contributed by atoms with Crippen LogP contribution in [0, 0.1) is 17.6 Å². The molecular formula is C35H42F4N6O3. The lowest BCUT2D eigenvalue weighted by Gasteiger charge is -2.32. The Balaban J connectivity index is 1.40. The zero-order valence-electron chi connectivity index (χ0n) is 27.7. The second kappa shape index (κ2) is 13.1. The molecule has 2 saturated heterocycles. The molecule has 0 aliphatic carbocycles. The van der Waals surface area contributed by atoms with Crippen molar-refractivity contribution in [1.82, 2.24) is 30.1 Å². The van der Waals surface area contributed by atoms with Crippen LogP contribution in [0.1, 0.15) is 53.0 Å². The molecule has 48 heavy (non-hydrogen) atoms. The van der Waals surface area contributed by atoms with E-state index in [9.17, 15) is 22.8 Å². The highest BCUT2D eigenvalue weighted by Gasteiger charge is 2.41. The van der Waals surface area contributed by atoms with E-state index in [2.05, 4.69) is 15.6 Å². The second-order valence-electron chi connectivity index (χ2n) is 14.3. The van der Waals surface area contributed by atoms with E-state index in [1.54, 1.807) is 46.8 Å². The number of fused-ring (bicyclic) bond motifs is 2. The van der Waals surface area contributed by atoms with E-state index in [1.807, 2.05) is 4.57 Å². The molecule has 2 aliphatic heterocycles. The molecule has 0 unspecified atom stereocenters. The molecule has 13 heteroatoms. The topological polar surface area (TPSA) is 104 Å². The number of halogens is 4. The molecule has 2 aromatic heterocycles. The van der Waals surface area contributed by atoms with Gasteiger partial charge in [-0.25, -0.2) is 27.3 Å². The molecule has 0 saturated carbocycles. The number of alkyl carbamates (subject to hydrolysis) is 1. The van der Waals surface area contributed by atoms with Crippen molar-refractivity contribution in [2.45, 2.75) is 96.5 Å². The number of alkyl halides is 2. The Morgan fingerprint density at radius 1 is 1.06 bits per heavy atom. The number of hydrogen-bond acceptors (Lipinski definition) is 5. The Hall–Kier alpha value is -4.13. The van der Waals surface area contributed by atoms with E-state index < -0.39 is 53.7 Å². The zero-order chi connectivity index (χ0) is 34.5. The quantitative estimate of drug-likeness (QED) is 0.194. The first-order chi connectivity index (χ1) is 22.7. The van der Waals surface area contributed by atoms with E-state index in [0.29, 0.717) is 40.9 Å². The van der Waals surface area contributed by atoms with Crippen molar-refractivity contribution in [3.63, 3.8) is 0 Å². The van der Waals surface area contributed by atoms with Gasteiger partial charge >= 0.3 is 6.09 Å². The number of ether oxygens (including phenoxy) is 1. The summed E-state index contributed by atoms with van der Waals surface area (Å²) >= 11 is 0. The average Bonchev–Trinajstić information content (AvgIpc) is 3.75. The van der Waals surface area contributed by atoms with Crippen LogP contribution in [0.2, 0.25) is 0 Å². The summed E-state index contributed by atoms with van der Waals surface area (Å²) in [7, 11) is 0. The summed E-state index contributed by atoms with van der Waals surface area (Å²) in [5.74, 6) is -1.28. The first-order valence-corrected chi connectivity index (χ1v) is 16.4. The summed E-state index contributed by atoms with van der Waals surface area (Å²) in [5.41, 5.74) is 2.00. The Morgan fingerprint density at radius 3 is 2.48 bits per heavy atom. The lowest BCUT2D eigenvalue weighted by atomic mass is 10.0. The van der Waals surface area contributed by atoms with E-state index in [4.69, 9.17) is 9.72 Å². The molecule has 0 radical (unpaired) electrons. The van der Waals surface area contributed by atoms with Crippen molar-refractivity contribution in [3.05, 3.63) is 53.6 Å². The van der Waals surface area contributed by atoms with Crippen molar-refractivity contribution in [1.29, 1.82) is 0 Å². The number of H-pyrrole nitrogens is 1. The standard InChI is InChI=1S/C35H42F4N6O3/c1-18(2)30(43-34(47)48-35(3,4)5)33(46)44-16-22(39)11-24(44)17-45-29-9-7-20(37)13-28(29)42-32(45)31-26(14-23-10-21(38)15-40-23)25-8-6-19(36)12-27(25)41-31/h6-9,12-13,18,21-24,30,40-41H,10-11,14-17H2,1-5H3,(H,43,47)/t21-,22-,23-,24-,30-/m0/s1. The van der Waals surface area contributed by atoms with Crippen molar-refractivity contribution in [3.8, 4) is 11.5 Å². The summed E-state index contributed by atoms with van der Waals surface area (Å²) in [6, 6.07) is 6.85. The van der Waals surface area contributed by atoms with Gasteiger partial charge in [-0.3, -0.25) is 4.79 Å². The van der Waals surface area contributed by atoms with Crippen LogP contribution in [0.5, 0.6) is 0 Å². The number of nitrogens with one attached hydrogen (secondary N) is 3. The molecule has 258 valence electrons. The summed E-state index contributed by atoms with van der Waals surface area (Å²) in [6.45, 7) is 8.94. The Kier molecular flexibility index (Phi) is 9.18. The average molecular weight is 671 g/mol. The summed E-state index contributed by atoms with van der Waals surface area (Å²) in [6.07, 6.45) is -2.25. The molecule has 2 amide bonds. The van der Waals surface area contributed by atoms with Crippen LogP contribution >= 0.6 is 0 Å². The zero-order valence-corrected chi connectivity index (χ0v) is 27.7. The van der Waals surface area contributed by atoms with E-state index in [-0.39, 0.29) is 38.0 Å². The van der Waals surface area contributed by atoms with E-state index in [0.717, 1.165) is 10.9 Å². The third kappa shape index (κ3) is 7.01. The largest absolute Gasteiger partial charge is 0.444 e. The molecule has 0 bridgehead atoms. The monoisotopic (exact) mass is 670 g/mol. The highest BCUT2D eigenvalue weighted by atomic mass is 19.1. The maximum atomic E-state index is 15.2. The highest BCUT2D eigenvalue weighted by molar-refractivity contribution is 5.92. The number of carbonyl (C=O) groups is 2. The van der Waals surface area contributed by atoms with Crippen LogP contribution < -0.4 is 10.6 Å². The summed E-state index contributed by atoms with van der Waals surface area (Å²) in [4.78, 5) is 36.2. The van der Waals surface area contributed by atoms with Gasteiger partial charge in [0.1, 0.15) is 35.6 Å². The smallest absolute Gasteiger partial charge is 0.408 e. The minimum Gasteiger partial charge on any atom is -0.444 e. The van der Waals surface area contributed by atoms with Gasteiger partial charge in [0.2, 0.25) is 5.91 Å². The van der Waals surface area contributed by atoms with Crippen molar-refractivity contribution < 1.29 is 31.9 Å². The van der Waals surface area contributed by atoms with Crippen LogP contribution in [0.3, 0.4) is 0 Å². The third-order valence-corrected chi connectivity index (χ3v) is 9.07. The molecule has 2 aliphatic rings. The van der Waals surface area contributed by atoms with E-state index in [1.165, 1.54) is 29.2 Å². The van der Waals surface area contributed by atoms with E-state index >= 15 is 4.39 Å². The number of aromatic amines is 1. The Morgan fingerprint density at radius 2 is 1.79 bits per heavy atom. The van der Waals surface area contributed by atoms with Crippen molar-refractivity contribution >= 4 is 33.9 Å². The molecule has 2 aromatic carbocycles. The number of likely N-dealkylation sites (tertiary alicyclic amines) is 1. The first-order valence-electron chi connectivity index (χ1n) is 16.4. The Labute approximate surface area is 276 Å². The maximum absolute atomic E-state index is 15.2. The number of nitrogens with zero attached hydrogens (tertiary/aromatic N) is 3. The fourth-order valence-electron chi connectivity index (χ4n) is 6.92. The third-order valence-electron chi connectivity index (χ3n) is 9.07.